The van der Waals surface area contributed by atoms with Gasteiger partial charge >= 0.3 is 0 Å². The molecule has 7 rings (SSSR count). The highest BCUT2D eigenvalue weighted by molar-refractivity contribution is 5.85. The van der Waals surface area contributed by atoms with Crippen molar-refractivity contribution in [3.8, 4) is 16.8 Å². The third-order valence-corrected chi connectivity index (χ3v) is 7.52. The van der Waals surface area contributed by atoms with Crippen LogP contribution in [0, 0.1) is 0 Å². The maximum absolute atomic E-state index is 3.55. The topological polar surface area (TPSA) is 17.0 Å². The Morgan fingerprint density at radius 3 is 1.92 bits per heavy atom. The summed E-state index contributed by atoms with van der Waals surface area (Å²) in [6.45, 7) is 0. The van der Waals surface area contributed by atoms with E-state index in [9.17, 15) is 0 Å². The lowest BCUT2D eigenvalue weighted by molar-refractivity contribution is 0.907. The van der Waals surface area contributed by atoms with Gasteiger partial charge in [-0.2, -0.15) is 0 Å². The van der Waals surface area contributed by atoms with Gasteiger partial charge in [0.1, 0.15) is 0 Å². The molecule has 6 aromatic rings. The van der Waals surface area contributed by atoms with E-state index >= 15 is 0 Å². The second kappa shape index (κ2) is 9.57. The van der Waals surface area contributed by atoms with E-state index in [2.05, 4.69) is 149 Å². The molecule has 0 fully saturated rings. The van der Waals surface area contributed by atoms with Gasteiger partial charge in [-0.15, -0.1) is 0 Å². The Balaban J connectivity index is 1.16. The van der Waals surface area contributed by atoms with E-state index in [1.807, 2.05) is 6.07 Å². The molecule has 5 aromatic carbocycles. The van der Waals surface area contributed by atoms with Crippen LogP contribution in [-0.4, -0.2) is 4.57 Å². The van der Waals surface area contributed by atoms with E-state index in [4.69, 9.17) is 0 Å². The van der Waals surface area contributed by atoms with Gasteiger partial charge in [0.05, 0.1) is 5.52 Å². The number of fused-ring (bicyclic) bond motifs is 3. The number of aromatic nitrogens is 1. The zero-order valence-corrected chi connectivity index (χ0v) is 21.1. The Labute approximate surface area is 222 Å². The van der Waals surface area contributed by atoms with Crippen LogP contribution < -0.4 is 15.9 Å². The normalized spacial score (nSPS) is 14.4. The molecule has 1 N–H and O–H groups in total. The van der Waals surface area contributed by atoms with Gasteiger partial charge in [0.15, 0.2) is 0 Å². The maximum Gasteiger partial charge on any atom is 0.0540 e. The Kier molecular flexibility index (Phi) is 5.64. The second-order valence-electron chi connectivity index (χ2n) is 9.89. The molecular formula is C36H28N2. The highest BCUT2D eigenvalue weighted by atomic mass is 15.0. The molecule has 2 heteroatoms. The quantitative estimate of drug-likeness (QED) is 0.262. The van der Waals surface area contributed by atoms with Crippen molar-refractivity contribution in [3.63, 3.8) is 0 Å². The summed E-state index contributed by atoms with van der Waals surface area (Å²) in [5, 5.41) is 7.49. The maximum atomic E-state index is 3.55. The summed E-state index contributed by atoms with van der Waals surface area (Å²) >= 11 is 0. The molecule has 0 bridgehead atoms. The Hall–Kier alpha value is -4.82. The molecule has 1 aliphatic rings. The van der Waals surface area contributed by atoms with Crippen LogP contribution in [0.25, 0.3) is 39.9 Å². The van der Waals surface area contributed by atoms with E-state index in [0.717, 1.165) is 17.8 Å². The number of hydrogen-bond acceptors (Lipinski definition) is 1. The minimum Gasteiger partial charge on any atom is -0.356 e. The molecule has 2 nitrogen and oxygen atoms in total. The first kappa shape index (κ1) is 22.4. The molecule has 0 saturated heterocycles. The lowest BCUT2D eigenvalue weighted by Crippen LogP contribution is -2.31. The second-order valence-corrected chi connectivity index (χ2v) is 9.89. The summed E-state index contributed by atoms with van der Waals surface area (Å²) in [5.74, 6) is 0.358. The van der Waals surface area contributed by atoms with Crippen molar-refractivity contribution in [1.82, 2.24) is 4.57 Å². The summed E-state index contributed by atoms with van der Waals surface area (Å²) in [7, 11) is 0. The summed E-state index contributed by atoms with van der Waals surface area (Å²) in [6.07, 6.45) is 5.86. The number of hydrogen-bond donors (Lipinski definition) is 1. The summed E-state index contributed by atoms with van der Waals surface area (Å²) in [5.41, 5.74) is 8.46. The van der Waals surface area contributed by atoms with Crippen LogP contribution >= 0.6 is 0 Å². The average Bonchev–Trinajstić information content (AvgIpc) is 3.33. The van der Waals surface area contributed by atoms with Crippen molar-refractivity contribution >= 4 is 34.4 Å². The van der Waals surface area contributed by atoms with Crippen molar-refractivity contribution in [2.75, 3.05) is 5.32 Å². The lowest BCUT2D eigenvalue weighted by Gasteiger charge is -2.16. The van der Waals surface area contributed by atoms with Gasteiger partial charge in [0.25, 0.3) is 0 Å². The van der Waals surface area contributed by atoms with E-state index in [0.29, 0.717) is 5.92 Å². The third kappa shape index (κ3) is 4.10. The predicted octanol–water partition coefficient (Wildman–Crippen LogP) is 7.79. The van der Waals surface area contributed by atoms with Crippen LogP contribution in [0.3, 0.4) is 0 Å². The highest BCUT2D eigenvalue weighted by Crippen LogP contribution is 2.28. The van der Waals surface area contributed by atoms with Gasteiger partial charge in [-0.05, 0) is 65.6 Å². The van der Waals surface area contributed by atoms with Crippen molar-refractivity contribution in [1.29, 1.82) is 0 Å². The first-order valence-corrected chi connectivity index (χ1v) is 13.2. The minimum absolute atomic E-state index is 0.358. The molecule has 1 aromatic heterocycles. The lowest BCUT2D eigenvalue weighted by atomic mass is 9.91. The van der Waals surface area contributed by atoms with E-state index in [-0.39, 0.29) is 0 Å². The fraction of sp³-hybridized carbons (Fsp3) is 0.0556. The Morgan fingerprint density at radius 2 is 1.18 bits per heavy atom. The smallest absolute Gasteiger partial charge is 0.0540 e. The zero-order valence-electron chi connectivity index (χ0n) is 21.1. The summed E-state index contributed by atoms with van der Waals surface area (Å²) in [6, 6.07) is 47.4. The molecule has 1 atom stereocenters. The number of nitrogens with one attached hydrogen (secondary N) is 1. The molecular weight excluding hydrogens is 460 g/mol. The number of para-hydroxylation sites is 2. The summed E-state index contributed by atoms with van der Waals surface area (Å²) in [4.78, 5) is 0. The molecule has 0 spiro atoms. The third-order valence-electron chi connectivity index (χ3n) is 7.52. The molecule has 1 aliphatic carbocycles. The van der Waals surface area contributed by atoms with Gasteiger partial charge in [0, 0.05) is 38.9 Å². The van der Waals surface area contributed by atoms with Crippen molar-refractivity contribution in [2.24, 2.45) is 0 Å². The number of nitrogens with zero attached hydrogens (tertiary/aromatic N) is 1. The molecule has 0 amide bonds. The molecule has 182 valence electrons. The van der Waals surface area contributed by atoms with Gasteiger partial charge in [-0.3, -0.25) is 0 Å². The summed E-state index contributed by atoms with van der Waals surface area (Å²) < 4.78 is 2.40. The van der Waals surface area contributed by atoms with Gasteiger partial charge < -0.3 is 9.88 Å². The minimum atomic E-state index is 0.358. The van der Waals surface area contributed by atoms with E-state index < -0.39 is 0 Å². The molecule has 0 aliphatic heterocycles. The van der Waals surface area contributed by atoms with Crippen LogP contribution in [0.4, 0.5) is 11.4 Å². The van der Waals surface area contributed by atoms with Crippen LogP contribution in [0.15, 0.2) is 133 Å². The van der Waals surface area contributed by atoms with E-state index in [1.165, 1.54) is 43.8 Å². The van der Waals surface area contributed by atoms with E-state index in [1.54, 1.807) is 0 Å². The molecule has 0 radical (unpaired) electrons. The molecule has 1 unspecified atom stereocenters. The van der Waals surface area contributed by atoms with Crippen molar-refractivity contribution in [3.05, 3.63) is 150 Å². The predicted molar refractivity (Wildman–Crippen MR) is 160 cm³/mol. The first-order valence-electron chi connectivity index (χ1n) is 13.2. The molecule has 1 heterocycles. The SMILES string of the molecule is C1=c2c(n(-c3ccccc3)c3ccccc23)=CCC1c1ccc(Nc2ccc(-c3ccccc3)cc2)cc1. The van der Waals surface area contributed by atoms with Crippen molar-refractivity contribution < 1.29 is 0 Å². The molecule has 38 heavy (non-hydrogen) atoms. The van der Waals surface area contributed by atoms with Crippen LogP contribution in [0.2, 0.25) is 0 Å². The largest absolute Gasteiger partial charge is 0.356 e. The van der Waals surface area contributed by atoms with Crippen LogP contribution in [0.1, 0.15) is 17.9 Å². The van der Waals surface area contributed by atoms with Crippen LogP contribution in [0.5, 0.6) is 0 Å². The standard InChI is InChI=1S/C36H28N2/c1-3-9-26(10-4-1)27-15-20-30(21-16-27)37-31-22-17-28(18-23-31)29-19-24-36-34(25-29)33-13-7-8-14-35(33)38(36)32-11-5-2-6-12-32/h1-18,20-25,29,37H,19H2. The van der Waals surface area contributed by atoms with Crippen LogP contribution in [-0.2, 0) is 0 Å². The van der Waals surface area contributed by atoms with Gasteiger partial charge in [-0.25, -0.2) is 0 Å². The monoisotopic (exact) mass is 488 g/mol. The zero-order chi connectivity index (χ0) is 25.3. The van der Waals surface area contributed by atoms with Gasteiger partial charge in [-0.1, -0.05) is 103 Å². The number of anilines is 2. The first-order chi connectivity index (χ1) is 18.8. The Morgan fingerprint density at radius 1 is 0.579 bits per heavy atom. The Bertz CT molecular complexity index is 1830. The number of rotatable bonds is 5. The van der Waals surface area contributed by atoms with Crippen molar-refractivity contribution in [2.45, 2.75) is 12.3 Å². The van der Waals surface area contributed by atoms with Gasteiger partial charge in [0.2, 0.25) is 0 Å². The fourth-order valence-electron chi connectivity index (χ4n) is 5.61. The highest BCUT2D eigenvalue weighted by Gasteiger charge is 2.16. The number of benzene rings is 5. The fourth-order valence-corrected chi connectivity index (χ4v) is 5.61. The average molecular weight is 489 g/mol. The molecule has 0 saturated carbocycles.